The van der Waals surface area contributed by atoms with Crippen molar-refractivity contribution in [3.63, 3.8) is 0 Å². The predicted molar refractivity (Wildman–Crippen MR) is 72.8 cm³/mol. The summed E-state index contributed by atoms with van der Waals surface area (Å²) < 4.78 is 26.6. The third-order valence-electron chi connectivity index (χ3n) is 3.32. The van der Waals surface area contributed by atoms with Gasteiger partial charge in [0, 0.05) is 16.9 Å². The van der Waals surface area contributed by atoms with Crippen LogP contribution in [0.15, 0.2) is 28.2 Å². The van der Waals surface area contributed by atoms with Gasteiger partial charge in [0.25, 0.3) is 5.56 Å². The lowest BCUT2D eigenvalue weighted by molar-refractivity contribution is 0.502. The van der Waals surface area contributed by atoms with Gasteiger partial charge in [0.05, 0.1) is 5.69 Å². The smallest absolute Gasteiger partial charge is 0.254 e. The molecule has 0 unspecified atom stereocenters. The zero-order chi connectivity index (χ0) is 14.1. The minimum absolute atomic E-state index is 0.116. The van der Waals surface area contributed by atoms with E-state index in [2.05, 4.69) is 9.97 Å². The molecule has 20 heavy (non-hydrogen) atoms. The SMILES string of the molecule is O=c1[nH]c(SCc2cccc(F)c2F)nc2c1CCC2. The molecule has 0 saturated carbocycles. The van der Waals surface area contributed by atoms with Gasteiger partial charge < -0.3 is 4.98 Å². The van der Waals surface area contributed by atoms with Crippen LogP contribution in [0.2, 0.25) is 0 Å². The van der Waals surface area contributed by atoms with Gasteiger partial charge in [-0.25, -0.2) is 13.8 Å². The highest BCUT2D eigenvalue weighted by Gasteiger charge is 2.17. The predicted octanol–water partition coefficient (Wildman–Crippen LogP) is 2.83. The van der Waals surface area contributed by atoms with Gasteiger partial charge in [0.15, 0.2) is 16.8 Å². The molecule has 1 heterocycles. The Morgan fingerprint density at radius 2 is 2.15 bits per heavy atom. The maximum absolute atomic E-state index is 13.5. The van der Waals surface area contributed by atoms with Gasteiger partial charge in [-0.1, -0.05) is 23.9 Å². The van der Waals surface area contributed by atoms with Crippen LogP contribution in [0.25, 0.3) is 0 Å². The first-order valence-electron chi connectivity index (χ1n) is 6.33. The Morgan fingerprint density at radius 3 is 3.00 bits per heavy atom. The summed E-state index contributed by atoms with van der Waals surface area (Å²) in [6.45, 7) is 0. The molecule has 3 nitrogen and oxygen atoms in total. The molecular weight excluding hydrogens is 282 g/mol. The fourth-order valence-corrected chi connectivity index (χ4v) is 3.15. The van der Waals surface area contributed by atoms with E-state index in [0.717, 1.165) is 36.6 Å². The molecule has 104 valence electrons. The number of nitrogens with one attached hydrogen (secondary N) is 1. The molecule has 0 aliphatic heterocycles. The van der Waals surface area contributed by atoms with Gasteiger partial charge in [0.2, 0.25) is 0 Å². The number of nitrogens with zero attached hydrogens (tertiary/aromatic N) is 1. The number of aryl methyl sites for hydroxylation is 1. The summed E-state index contributed by atoms with van der Waals surface area (Å²) in [4.78, 5) is 18.9. The molecule has 1 N–H and O–H groups in total. The molecule has 1 aromatic carbocycles. The van der Waals surface area contributed by atoms with Crippen molar-refractivity contribution in [2.45, 2.75) is 30.2 Å². The van der Waals surface area contributed by atoms with Crippen LogP contribution in [0.4, 0.5) is 8.78 Å². The van der Waals surface area contributed by atoms with Gasteiger partial charge in [-0.2, -0.15) is 0 Å². The third-order valence-corrected chi connectivity index (χ3v) is 4.24. The van der Waals surface area contributed by atoms with Crippen molar-refractivity contribution >= 4 is 11.8 Å². The molecule has 1 aliphatic carbocycles. The first-order valence-corrected chi connectivity index (χ1v) is 7.31. The standard InChI is InChI=1S/C14H12F2N2OS/c15-10-5-1-3-8(12(10)16)7-20-14-17-11-6-2-4-9(11)13(19)18-14/h1,3,5H,2,4,6-7H2,(H,17,18,19). The molecule has 0 atom stereocenters. The van der Waals surface area contributed by atoms with Crippen LogP contribution in [-0.4, -0.2) is 9.97 Å². The van der Waals surface area contributed by atoms with E-state index >= 15 is 0 Å². The van der Waals surface area contributed by atoms with Crippen LogP contribution in [0.1, 0.15) is 23.2 Å². The number of thioether (sulfide) groups is 1. The van der Waals surface area contributed by atoms with Crippen molar-refractivity contribution in [1.82, 2.24) is 9.97 Å². The highest BCUT2D eigenvalue weighted by molar-refractivity contribution is 7.98. The van der Waals surface area contributed by atoms with Gasteiger partial charge in [0.1, 0.15) is 0 Å². The maximum atomic E-state index is 13.5. The van der Waals surface area contributed by atoms with Crippen LogP contribution in [-0.2, 0) is 18.6 Å². The quantitative estimate of drug-likeness (QED) is 0.699. The molecule has 0 bridgehead atoms. The van der Waals surface area contributed by atoms with Gasteiger partial charge >= 0.3 is 0 Å². The van der Waals surface area contributed by atoms with E-state index in [-0.39, 0.29) is 16.9 Å². The van der Waals surface area contributed by atoms with Crippen molar-refractivity contribution in [2.75, 3.05) is 0 Å². The van der Waals surface area contributed by atoms with E-state index < -0.39 is 11.6 Å². The average Bonchev–Trinajstić information content (AvgIpc) is 2.89. The van der Waals surface area contributed by atoms with Gasteiger partial charge in [-0.15, -0.1) is 0 Å². The van der Waals surface area contributed by atoms with Crippen molar-refractivity contribution in [3.8, 4) is 0 Å². The second-order valence-corrected chi connectivity index (χ2v) is 5.62. The van der Waals surface area contributed by atoms with Crippen molar-refractivity contribution in [2.24, 2.45) is 0 Å². The number of halogens is 2. The number of rotatable bonds is 3. The first-order chi connectivity index (χ1) is 9.65. The van der Waals surface area contributed by atoms with Crippen molar-refractivity contribution < 1.29 is 8.78 Å². The largest absolute Gasteiger partial charge is 0.301 e. The summed E-state index contributed by atoms with van der Waals surface area (Å²) >= 11 is 1.20. The summed E-state index contributed by atoms with van der Waals surface area (Å²) in [5.41, 5.74) is 1.73. The zero-order valence-corrected chi connectivity index (χ0v) is 11.4. The van der Waals surface area contributed by atoms with E-state index in [9.17, 15) is 13.6 Å². The van der Waals surface area contributed by atoms with Gasteiger partial charge in [-0.05, 0) is 25.3 Å². The highest BCUT2D eigenvalue weighted by atomic mass is 32.2. The molecule has 0 fully saturated rings. The molecule has 0 amide bonds. The van der Waals surface area contributed by atoms with E-state index in [1.165, 1.54) is 23.9 Å². The monoisotopic (exact) mass is 294 g/mol. The summed E-state index contributed by atoms with van der Waals surface area (Å²) in [5.74, 6) is -1.48. The fourth-order valence-electron chi connectivity index (χ4n) is 2.29. The summed E-state index contributed by atoms with van der Waals surface area (Å²) in [7, 11) is 0. The number of fused-ring (bicyclic) bond motifs is 1. The minimum atomic E-state index is -0.862. The van der Waals surface area contributed by atoms with E-state index in [1.807, 2.05) is 0 Å². The molecule has 3 rings (SSSR count). The van der Waals surface area contributed by atoms with E-state index in [1.54, 1.807) is 0 Å². The normalized spacial score (nSPS) is 13.5. The molecule has 2 aromatic rings. The van der Waals surface area contributed by atoms with E-state index in [0.29, 0.717) is 5.16 Å². The highest BCUT2D eigenvalue weighted by Crippen LogP contribution is 2.24. The topological polar surface area (TPSA) is 45.8 Å². The lowest BCUT2D eigenvalue weighted by atomic mass is 10.2. The number of H-pyrrole nitrogens is 1. The van der Waals surface area contributed by atoms with Crippen LogP contribution in [0.5, 0.6) is 0 Å². The summed E-state index contributed by atoms with van der Waals surface area (Å²) in [5, 5.41) is 0.458. The second kappa shape index (κ2) is 5.36. The Balaban J connectivity index is 1.81. The Kier molecular flexibility index (Phi) is 3.56. The first kappa shape index (κ1) is 13.3. The Hall–Kier alpha value is -1.69. The third kappa shape index (κ3) is 2.47. The minimum Gasteiger partial charge on any atom is -0.301 e. The van der Waals surface area contributed by atoms with Crippen LogP contribution in [0.3, 0.4) is 0 Å². The number of aromatic nitrogens is 2. The van der Waals surface area contributed by atoms with Gasteiger partial charge in [-0.3, -0.25) is 4.79 Å². The zero-order valence-electron chi connectivity index (χ0n) is 10.6. The van der Waals surface area contributed by atoms with Crippen molar-refractivity contribution in [1.29, 1.82) is 0 Å². The number of aromatic amines is 1. The number of hydrogen-bond acceptors (Lipinski definition) is 3. The summed E-state index contributed by atoms with van der Waals surface area (Å²) in [6.07, 6.45) is 2.51. The lowest BCUT2D eigenvalue weighted by Gasteiger charge is -2.05. The van der Waals surface area contributed by atoms with E-state index in [4.69, 9.17) is 0 Å². The maximum Gasteiger partial charge on any atom is 0.254 e. The molecule has 1 aromatic heterocycles. The molecule has 6 heteroatoms. The Bertz CT molecular complexity index is 715. The Labute approximate surface area is 118 Å². The van der Waals surface area contributed by atoms with Crippen molar-refractivity contribution in [3.05, 3.63) is 57.0 Å². The molecule has 0 spiro atoms. The molecule has 0 saturated heterocycles. The molecular formula is C14H12F2N2OS. The molecule has 1 aliphatic rings. The number of benzene rings is 1. The van der Waals surface area contributed by atoms with Crippen LogP contribution < -0.4 is 5.56 Å². The Morgan fingerprint density at radius 1 is 1.30 bits per heavy atom. The summed E-state index contributed by atoms with van der Waals surface area (Å²) in [6, 6.07) is 4.07. The number of hydrogen-bond donors (Lipinski definition) is 1. The van der Waals surface area contributed by atoms with Crippen LogP contribution in [0, 0.1) is 11.6 Å². The average molecular weight is 294 g/mol. The van der Waals surface area contributed by atoms with Crippen LogP contribution >= 0.6 is 11.8 Å². The lowest BCUT2D eigenvalue weighted by Crippen LogP contribution is -2.14. The fraction of sp³-hybridized carbons (Fsp3) is 0.286. The second-order valence-electron chi connectivity index (χ2n) is 4.65. The molecule has 0 radical (unpaired) electrons.